The lowest BCUT2D eigenvalue weighted by Crippen LogP contribution is -2.14. The van der Waals surface area contributed by atoms with Crippen LogP contribution in [0.2, 0.25) is 0 Å². The van der Waals surface area contributed by atoms with E-state index in [0.29, 0.717) is 0 Å². The van der Waals surface area contributed by atoms with E-state index in [1.54, 1.807) is 0 Å². The largest absolute Gasteiger partial charge is 0.456 e. The molecule has 0 atom stereocenters. The van der Waals surface area contributed by atoms with Gasteiger partial charge in [-0.2, -0.15) is 0 Å². The minimum atomic E-state index is -0.0351. The molecule has 47 heavy (non-hydrogen) atoms. The molecule has 1 heteroatoms. The summed E-state index contributed by atoms with van der Waals surface area (Å²) in [5.74, 6) is 1.83. The molecule has 0 spiro atoms. The van der Waals surface area contributed by atoms with Crippen molar-refractivity contribution in [1.29, 1.82) is 0 Å². The van der Waals surface area contributed by atoms with E-state index < -0.39 is 0 Å². The first-order chi connectivity index (χ1) is 22.8. The van der Waals surface area contributed by atoms with E-state index in [9.17, 15) is 0 Å². The molecule has 0 unspecified atom stereocenters. The van der Waals surface area contributed by atoms with Gasteiger partial charge in [0.25, 0.3) is 0 Å². The Hall–Kier alpha value is -5.40. The highest BCUT2D eigenvalue weighted by molar-refractivity contribution is 6.10. The van der Waals surface area contributed by atoms with Crippen molar-refractivity contribution in [2.24, 2.45) is 0 Å². The Bertz CT molecular complexity index is 2490. The van der Waals surface area contributed by atoms with Crippen molar-refractivity contribution >= 4 is 10.8 Å². The third-order valence-corrected chi connectivity index (χ3v) is 11.3. The van der Waals surface area contributed by atoms with Crippen molar-refractivity contribution < 1.29 is 4.74 Å². The molecule has 0 radical (unpaired) electrons. The normalized spacial score (nSPS) is 15.3. The monoisotopic (exact) mass is 602 g/mol. The van der Waals surface area contributed by atoms with Crippen molar-refractivity contribution in [2.75, 3.05) is 0 Å². The zero-order valence-corrected chi connectivity index (χ0v) is 27.1. The molecule has 7 aromatic rings. The molecular weight excluding hydrogens is 569 g/mol. The van der Waals surface area contributed by atoms with Gasteiger partial charge < -0.3 is 4.74 Å². The van der Waals surface area contributed by atoms with Gasteiger partial charge in [0.15, 0.2) is 0 Å². The quantitative estimate of drug-likeness (QED) is 0.191. The molecule has 0 amide bonds. The maximum absolute atomic E-state index is 6.74. The Morgan fingerprint density at radius 1 is 0.362 bits per heavy atom. The molecule has 224 valence electrons. The molecule has 0 bridgehead atoms. The summed E-state index contributed by atoms with van der Waals surface area (Å²) in [6, 6.07) is 49.5. The second-order valence-electron chi connectivity index (χ2n) is 14.5. The van der Waals surface area contributed by atoms with Crippen molar-refractivity contribution in [1.82, 2.24) is 0 Å². The third kappa shape index (κ3) is 3.55. The van der Waals surface area contributed by atoms with Crippen LogP contribution in [-0.2, 0) is 10.8 Å². The van der Waals surface area contributed by atoms with E-state index in [4.69, 9.17) is 4.74 Å². The van der Waals surface area contributed by atoms with Crippen LogP contribution in [0, 0.1) is 0 Å². The topological polar surface area (TPSA) is 9.23 Å². The third-order valence-electron chi connectivity index (χ3n) is 11.3. The summed E-state index contributed by atoms with van der Waals surface area (Å²) in [5, 5.41) is 2.41. The number of ether oxygens (including phenoxy) is 1. The Morgan fingerprint density at radius 3 is 1.55 bits per heavy atom. The zero-order chi connectivity index (χ0) is 31.7. The maximum Gasteiger partial charge on any atom is 0.135 e. The molecule has 1 nitrogen and oxygen atoms in total. The van der Waals surface area contributed by atoms with E-state index in [1.165, 1.54) is 83.1 Å². The lowest BCUT2D eigenvalue weighted by molar-refractivity contribution is 0.487. The highest BCUT2D eigenvalue weighted by atomic mass is 16.5. The van der Waals surface area contributed by atoms with E-state index in [-0.39, 0.29) is 10.8 Å². The molecule has 10 rings (SSSR count). The summed E-state index contributed by atoms with van der Waals surface area (Å²) in [7, 11) is 0. The van der Waals surface area contributed by atoms with Crippen LogP contribution in [0.1, 0.15) is 49.9 Å². The predicted molar refractivity (Wildman–Crippen MR) is 195 cm³/mol. The molecule has 1 heterocycles. The molecule has 0 fully saturated rings. The summed E-state index contributed by atoms with van der Waals surface area (Å²) in [4.78, 5) is 0. The van der Waals surface area contributed by atoms with Crippen molar-refractivity contribution in [3.05, 3.63) is 156 Å². The molecule has 0 saturated carbocycles. The number of benzene rings is 7. The number of rotatable bonds is 2. The highest BCUT2D eigenvalue weighted by Gasteiger charge is 2.36. The fourth-order valence-electron chi connectivity index (χ4n) is 8.82. The molecule has 3 aliphatic rings. The van der Waals surface area contributed by atoms with Crippen LogP contribution in [0.15, 0.2) is 133 Å². The Labute approximate surface area is 276 Å². The maximum atomic E-state index is 6.74. The Kier molecular flexibility index (Phi) is 5.19. The molecule has 7 aromatic carbocycles. The first-order valence-corrected chi connectivity index (χ1v) is 16.7. The van der Waals surface area contributed by atoms with Crippen LogP contribution in [0.4, 0.5) is 0 Å². The van der Waals surface area contributed by atoms with Crippen molar-refractivity contribution in [3.8, 4) is 67.1 Å². The molecule has 2 aliphatic carbocycles. The van der Waals surface area contributed by atoms with Crippen LogP contribution in [0.25, 0.3) is 66.4 Å². The van der Waals surface area contributed by atoms with E-state index in [0.717, 1.165) is 17.1 Å². The summed E-state index contributed by atoms with van der Waals surface area (Å²) in [6.45, 7) is 9.37. The second kappa shape index (κ2) is 9.11. The fraction of sp³-hybridized carbons (Fsp3) is 0.130. The average molecular weight is 603 g/mol. The second-order valence-corrected chi connectivity index (χ2v) is 14.5. The van der Waals surface area contributed by atoms with Gasteiger partial charge in [0.05, 0.1) is 0 Å². The van der Waals surface area contributed by atoms with E-state index in [1.807, 2.05) is 0 Å². The first kappa shape index (κ1) is 26.8. The summed E-state index contributed by atoms with van der Waals surface area (Å²) < 4.78 is 6.74. The van der Waals surface area contributed by atoms with Crippen LogP contribution >= 0.6 is 0 Å². The summed E-state index contributed by atoms with van der Waals surface area (Å²) in [5.41, 5.74) is 18.2. The van der Waals surface area contributed by atoms with Gasteiger partial charge in [-0.05, 0) is 108 Å². The van der Waals surface area contributed by atoms with Crippen LogP contribution in [0.3, 0.4) is 0 Å². The number of hydrogen-bond donors (Lipinski definition) is 0. The van der Waals surface area contributed by atoms with Gasteiger partial charge in [-0.15, -0.1) is 0 Å². The molecule has 1 aliphatic heterocycles. The standard InChI is InChI=1S/C46H34O/c1-45(2)38-13-7-5-10-31(38)33-19-16-27(24-40(33)45)28-17-21-35-37-23-22-30(36-12-9-15-42(44(36)37)47-43(35)26-28)29-18-20-34-32-11-6-8-14-39(32)46(3,4)41(34)25-29/h5-26H,1-4H3. The fourth-order valence-corrected chi connectivity index (χ4v) is 8.82. The van der Waals surface area contributed by atoms with Crippen LogP contribution in [0.5, 0.6) is 11.5 Å². The van der Waals surface area contributed by atoms with Gasteiger partial charge in [-0.1, -0.05) is 131 Å². The summed E-state index contributed by atoms with van der Waals surface area (Å²) in [6.07, 6.45) is 0. The van der Waals surface area contributed by atoms with E-state index >= 15 is 0 Å². The van der Waals surface area contributed by atoms with Gasteiger partial charge in [0.1, 0.15) is 11.5 Å². The minimum Gasteiger partial charge on any atom is -0.456 e. The highest BCUT2D eigenvalue weighted by Crippen LogP contribution is 2.53. The van der Waals surface area contributed by atoms with Crippen molar-refractivity contribution in [2.45, 2.75) is 38.5 Å². The lowest BCUT2D eigenvalue weighted by atomic mass is 9.81. The summed E-state index contributed by atoms with van der Waals surface area (Å²) >= 11 is 0. The van der Waals surface area contributed by atoms with E-state index in [2.05, 4.69) is 161 Å². The Morgan fingerprint density at radius 2 is 0.872 bits per heavy atom. The zero-order valence-electron chi connectivity index (χ0n) is 27.1. The smallest absolute Gasteiger partial charge is 0.135 e. The van der Waals surface area contributed by atoms with Crippen LogP contribution in [-0.4, -0.2) is 0 Å². The van der Waals surface area contributed by atoms with Gasteiger partial charge in [-0.3, -0.25) is 0 Å². The van der Waals surface area contributed by atoms with Crippen LogP contribution < -0.4 is 4.74 Å². The van der Waals surface area contributed by atoms with Gasteiger partial charge in [0.2, 0.25) is 0 Å². The molecule has 0 N–H and O–H groups in total. The van der Waals surface area contributed by atoms with Gasteiger partial charge in [0, 0.05) is 21.8 Å². The molecule has 0 aromatic heterocycles. The van der Waals surface area contributed by atoms with Gasteiger partial charge in [-0.25, -0.2) is 0 Å². The lowest BCUT2D eigenvalue weighted by Gasteiger charge is -2.24. The SMILES string of the molecule is CC1(C)c2ccccc2-c2ccc(-c3ccc4c(c3)Oc3cccc5c(-c6ccc7c(c6)C(C)(C)c6ccccc6-7)ccc-4c35)cc21. The first-order valence-electron chi connectivity index (χ1n) is 16.7. The Balaban J connectivity index is 1.06. The average Bonchev–Trinajstić information content (AvgIpc) is 3.47. The molecular formula is C46H34O. The molecule has 0 saturated heterocycles. The van der Waals surface area contributed by atoms with Gasteiger partial charge >= 0.3 is 0 Å². The minimum absolute atomic E-state index is 0.0303. The van der Waals surface area contributed by atoms with Crippen molar-refractivity contribution in [3.63, 3.8) is 0 Å². The number of fused-ring (bicyclic) bond motifs is 8. The number of hydrogen-bond acceptors (Lipinski definition) is 1. The predicted octanol–water partition coefficient (Wildman–Crippen LogP) is 12.6.